The molecule has 1 fully saturated rings. The van der Waals surface area contributed by atoms with E-state index in [9.17, 15) is 9.59 Å². The van der Waals surface area contributed by atoms with E-state index in [4.69, 9.17) is 15.2 Å². The molecule has 1 amide bonds. The first-order valence-corrected chi connectivity index (χ1v) is 11.9. The van der Waals surface area contributed by atoms with Crippen LogP contribution in [0.15, 0.2) is 23.5 Å². The molecule has 1 saturated carbocycles. The van der Waals surface area contributed by atoms with Crippen molar-refractivity contribution in [2.24, 2.45) is 5.92 Å². The number of pyridine rings is 1. The minimum atomic E-state index is -0.291. The smallest absolute Gasteiger partial charge is 0.305 e. The lowest BCUT2D eigenvalue weighted by atomic mass is 9.79. The number of carbonyl (C=O) groups excluding carboxylic acids is 2. The molecule has 2 aromatic rings. The Labute approximate surface area is 191 Å². The molecule has 1 aliphatic carbocycles. The minimum Gasteiger partial charge on any atom is -0.475 e. The predicted octanol–water partition coefficient (Wildman–Crippen LogP) is 3.05. The van der Waals surface area contributed by atoms with Gasteiger partial charge in [-0.1, -0.05) is 11.8 Å². The molecule has 3 heterocycles. The fourth-order valence-electron chi connectivity index (χ4n) is 4.33. The number of aromatic nitrogens is 3. The van der Waals surface area contributed by atoms with Crippen LogP contribution in [-0.4, -0.2) is 53.3 Å². The summed E-state index contributed by atoms with van der Waals surface area (Å²) < 4.78 is 10.5. The topological polar surface area (TPSA) is 121 Å². The van der Waals surface area contributed by atoms with Crippen molar-refractivity contribution in [3.05, 3.63) is 29.6 Å². The number of thioether (sulfide) groups is 1. The lowest BCUT2D eigenvalue weighted by Crippen LogP contribution is -2.33. The maximum Gasteiger partial charge on any atom is 0.305 e. The standard InChI is InChI=1S/C22H27N5O4S/c1-30-17(28)11-13-3-5-14(6-4-13)16-8-7-15(12-24-16)27-9-10-31-20-18(21(27)29)19(23)25-22(26-20)32-2/h7-8,12-14H,3-6,9-11H2,1-2H3,(H2,23,25,26). The fourth-order valence-corrected chi connectivity index (χ4v) is 4.69. The molecule has 2 aromatic heterocycles. The molecule has 32 heavy (non-hydrogen) atoms. The van der Waals surface area contributed by atoms with Gasteiger partial charge in [0, 0.05) is 18.0 Å². The minimum absolute atomic E-state index is 0.115. The number of hydrogen-bond acceptors (Lipinski definition) is 9. The molecule has 0 aromatic carbocycles. The van der Waals surface area contributed by atoms with Crippen LogP contribution in [0.25, 0.3) is 0 Å². The highest BCUT2D eigenvalue weighted by Crippen LogP contribution is 2.37. The fraction of sp³-hybridized carbons (Fsp3) is 0.500. The van der Waals surface area contributed by atoms with Gasteiger partial charge in [0.1, 0.15) is 18.0 Å². The quantitative estimate of drug-likeness (QED) is 0.410. The Morgan fingerprint density at radius 2 is 2.06 bits per heavy atom. The van der Waals surface area contributed by atoms with Crippen molar-refractivity contribution >= 4 is 35.1 Å². The van der Waals surface area contributed by atoms with Crippen LogP contribution in [0.3, 0.4) is 0 Å². The average Bonchev–Trinajstić information content (AvgIpc) is 2.98. The molecule has 9 nitrogen and oxygen atoms in total. The Kier molecular flexibility index (Phi) is 6.78. The number of nitrogens with zero attached hydrogens (tertiary/aromatic N) is 4. The van der Waals surface area contributed by atoms with Gasteiger partial charge in [-0.15, -0.1) is 0 Å². The molecule has 2 aliphatic rings. The van der Waals surface area contributed by atoms with Gasteiger partial charge >= 0.3 is 5.97 Å². The molecule has 2 N–H and O–H groups in total. The lowest BCUT2D eigenvalue weighted by Gasteiger charge is -2.28. The van der Waals surface area contributed by atoms with Crippen LogP contribution >= 0.6 is 11.8 Å². The number of nitrogens with two attached hydrogens (primary N) is 1. The van der Waals surface area contributed by atoms with Gasteiger partial charge in [0.15, 0.2) is 5.16 Å². The van der Waals surface area contributed by atoms with Gasteiger partial charge in [0.2, 0.25) is 5.88 Å². The number of esters is 1. The summed E-state index contributed by atoms with van der Waals surface area (Å²) in [7, 11) is 1.43. The van der Waals surface area contributed by atoms with E-state index < -0.39 is 0 Å². The first kappa shape index (κ1) is 22.3. The monoisotopic (exact) mass is 457 g/mol. The van der Waals surface area contributed by atoms with Gasteiger partial charge in [-0.3, -0.25) is 14.6 Å². The molecule has 4 rings (SSSR count). The van der Waals surface area contributed by atoms with Crippen LogP contribution in [0.2, 0.25) is 0 Å². The summed E-state index contributed by atoms with van der Waals surface area (Å²) in [6.45, 7) is 0.665. The highest BCUT2D eigenvalue weighted by Gasteiger charge is 2.30. The van der Waals surface area contributed by atoms with Crippen LogP contribution in [0.5, 0.6) is 5.88 Å². The molecule has 0 spiro atoms. The number of methoxy groups -OCH3 is 1. The van der Waals surface area contributed by atoms with E-state index in [-0.39, 0.29) is 29.1 Å². The summed E-state index contributed by atoms with van der Waals surface area (Å²) in [6, 6.07) is 3.90. The molecule has 0 radical (unpaired) electrons. The van der Waals surface area contributed by atoms with Crippen LogP contribution in [0, 0.1) is 5.92 Å². The maximum absolute atomic E-state index is 13.2. The largest absolute Gasteiger partial charge is 0.475 e. The third-order valence-corrected chi connectivity index (χ3v) is 6.66. The van der Waals surface area contributed by atoms with E-state index in [2.05, 4.69) is 15.0 Å². The molecule has 0 atom stereocenters. The number of ether oxygens (including phenoxy) is 2. The van der Waals surface area contributed by atoms with Gasteiger partial charge in [-0.25, -0.2) is 4.98 Å². The number of anilines is 2. The third-order valence-electron chi connectivity index (χ3n) is 6.11. The predicted molar refractivity (Wildman–Crippen MR) is 121 cm³/mol. The number of nitrogen functional groups attached to an aromatic ring is 1. The second-order valence-corrected chi connectivity index (χ2v) is 8.79. The molecule has 0 unspecified atom stereocenters. The average molecular weight is 458 g/mol. The van der Waals surface area contributed by atoms with Gasteiger partial charge in [0.25, 0.3) is 5.91 Å². The highest BCUT2D eigenvalue weighted by atomic mass is 32.2. The molecular weight excluding hydrogens is 430 g/mol. The van der Waals surface area contributed by atoms with Crippen LogP contribution in [0.4, 0.5) is 11.5 Å². The van der Waals surface area contributed by atoms with Crippen LogP contribution in [-0.2, 0) is 9.53 Å². The molecule has 10 heteroatoms. The van der Waals surface area contributed by atoms with E-state index in [1.54, 1.807) is 11.1 Å². The lowest BCUT2D eigenvalue weighted by molar-refractivity contribution is -0.142. The number of hydrogen-bond donors (Lipinski definition) is 1. The molecule has 0 saturated heterocycles. The first-order valence-electron chi connectivity index (χ1n) is 10.7. The zero-order chi connectivity index (χ0) is 22.7. The molecule has 1 aliphatic heterocycles. The number of fused-ring (bicyclic) bond motifs is 1. The SMILES string of the molecule is COC(=O)CC1CCC(c2ccc(N3CCOc4nc(SC)nc(N)c4C3=O)cn2)CC1. The zero-order valence-electron chi connectivity index (χ0n) is 18.2. The van der Waals surface area contributed by atoms with Crippen molar-refractivity contribution in [1.29, 1.82) is 0 Å². The number of carbonyl (C=O) groups is 2. The van der Waals surface area contributed by atoms with Crippen LogP contribution in [0.1, 0.15) is 54.1 Å². The van der Waals surface area contributed by atoms with Crippen LogP contribution < -0.4 is 15.4 Å². The second-order valence-electron chi connectivity index (χ2n) is 8.02. The van der Waals surface area contributed by atoms with Gasteiger partial charge < -0.3 is 20.1 Å². The summed E-state index contributed by atoms with van der Waals surface area (Å²) in [5, 5.41) is 0.467. The van der Waals surface area contributed by atoms with E-state index >= 15 is 0 Å². The second kappa shape index (κ2) is 9.72. The van der Waals surface area contributed by atoms with E-state index in [0.29, 0.717) is 42.3 Å². The van der Waals surface area contributed by atoms with E-state index in [1.807, 2.05) is 18.4 Å². The zero-order valence-corrected chi connectivity index (χ0v) is 19.1. The summed E-state index contributed by atoms with van der Waals surface area (Å²) in [5.74, 6) is 0.648. The Balaban J connectivity index is 1.46. The summed E-state index contributed by atoms with van der Waals surface area (Å²) in [6.07, 6.45) is 8.00. The third kappa shape index (κ3) is 4.64. The van der Waals surface area contributed by atoms with E-state index in [0.717, 1.165) is 31.4 Å². The van der Waals surface area contributed by atoms with Gasteiger partial charge in [0.05, 0.1) is 25.5 Å². The van der Waals surface area contributed by atoms with Crippen molar-refractivity contribution in [3.63, 3.8) is 0 Å². The molecular formula is C22H27N5O4S. The summed E-state index contributed by atoms with van der Waals surface area (Å²) in [4.78, 5) is 39.5. The Bertz CT molecular complexity index is 993. The summed E-state index contributed by atoms with van der Waals surface area (Å²) in [5.41, 5.74) is 7.94. The Morgan fingerprint density at radius 1 is 1.28 bits per heavy atom. The number of rotatable bonds is 5. The Hall–Kier alpha value is -2.88. The van der Waals surface area contributed by atoms with Gasteiger partial charge in [-0.2, -0.15) is 4.98 Å². The molecule has 0 bridgehead atoms. The highest BCUT2D eigenvalue weighted by molar-refractivity contribution is 7.98. The Morgan fingerprint density at radius 3 is 2.72 bits per heavy atom. The van der Waals surface area contributed by atoms with Crippen molar-refractivity contribution in [1.82, 2.24) is 15.0 Å². The number of amides is 1. The molecule has 170 valence electrons. The van der Waals surface area contributed by atoms with Crippen molar-refractivity contribution in [2.45, 2.75) is 43.2 Å². The normalized spacial score (nSPS) is 20.8. The van der Waals surface area contributed by atoms with Crippen molar-refractivity contribution < 1.29 is 19.1 Å². The maximum atomic E-state index is 13.2. The van der Waals surface area contributed by atoms with Gasteiger partial charge in [-0.05, 0) is 50.0 Å². The van der Waals surface area contributed by atoms with Crippen molar-refractivity contribution in [2.75, 3.05) is 37.2 Å². The van der Waals surface area contributed by atoms with Crippen molar-refractivity contribution in [3.8, 4) is 5.88 Å². The van der Waals surface area contributed by atoms with E-state index in [1.165, 1.54) is 18.9 Å². The summed E-state index contributed by atoms with van der Waals surface area (Å²) >= 11 is 1.34. The first-order chi connectivity index (χ1) is 15.5.